The molecule has 0 amide bonds. The number of aliphatic hydroxyl groups is 3. The molecular weight excluding hydrogens is 496 g/mol. The second-order valence-electron chi connectivity index (χ2n) is 8.09. The topological polar surface area (TPSA) is 184 Å². The zero-order valence-corrected chi connectivity index (χ0v) is 21.3. The van der Waals surface area contributed by atoms with Gasteiger partial charge in [0.1, 0.15) is 44.7 Å². The molecule has 0 saturated carbocycles. The average molecular weight is 533 g/mol. The molecule has 0 bridgehead atoms. The molecular formula is C24H36O13. The first-order valence-corrected chi connectivity index (χ1v) is 11.1. The van der Waals surface area contributed by atoms with E-state index in [1.54, 1.807) is 0 Å². The third kappa shape index (κ3) is 16.3. The van der Waals surface area contributed by atoms with Gasteiger partial charge >= 0.3 is 23.9 Å². The van der Waals surface area contributed by atoms with Crippen molar-refractivity contribution in [2.75, 3.05) is 46.2 Å². The second kappa shape index (κ2) is 18.2. The number of aliphatic hydroxyl groups excluding tert-OH is 3. The van der Waals surface area contributed by atoms with Crippen LogP contribution in [0.5, 0.6) is 0 Å². The van der Waals surface area contributed by atoms with Gasteiger partial charge in [0, 0.05) is 16.7 Å². The van der Waals surface area contributed by atoms with Crippen LogP contribution >= 0.6 is 0 Å². The summed E-state index contributed by atoms with van der Waals surface area (Å²) in [5, 5.41) is 29.7. The monoisotopic (exact) mass is 532 g/mol. The molecule has 4 atom stereocenters. The third-order valence-corrected chi connectivity index (χ3v) is 4.02. The van der Waals surface area contributed by atoms with Crippen molar-refractivity contribution >= 4 is 23.9 Å². The summed E-state index contributed by atoms with van der Waals surface area (Å²) in [7, 11) is 0. The summed E-state index contributed by atoms with van der Waals surface area (Å²) in [6, 6.07) is 0. The number of ether oxygens (including phenoxy) is 6. The summed E-state index contributed by atoms with van der Waals surface area (Å²) in [6.07, 6.45) is -5.30. The molecule has 0 radical (unpaired) electrons. The van der Waals surface area contributed by atoms with Gasteiger partial charge in [0.2, 0.25) is 0 Å². The molecule has 0 aromatic carbocycles. The normalized spacial score (nSPS) is 13.9. The van der Waals surface area contributed by atoms with Crippen LogP contribution < -0.4 is 0 Å². The number of carbonyl (C=O) groups excluding carboxylic acids is 4. The van der Waals surface area contributed by atoms with Gasteiger partial charge < -0.3 is 43.7 Å². The lowest BCUT2D eigenvalue weighted by Gasteiger charge is -2.21. The summed E-state index contributed by atoms with van der Waals surface area (Å²) in [5.74, 6) is -3.15. The Kier molecular flexibility index (Phi) is 16.7. The molecule has 0 rings (SSSR count). The van der Waals surface area contributed by atoms with Crippen LogP contribution in [-0.4, -0.2) is 110 Å². The predicted molar refractivity (Wildman–Crippen MR) is 127 cm³/mol. The average Bonchev–Trinajstić information content (AvgIpc) is 2.84. The quantitative estimate of drug-likeness (QED) is 0.109. The maximum atomic E-state index is 12.4. The van der Waals surface area contributed by atoms with Crippen LogP contribution in [0.4, 0.5) is 0 Å². The third-order valence-electron chi connectivity index (χ3n) is 4.02. The van der Waals surface area contributed by atoms with Gasteiger partial charge in [-0.2, -0.15) is 0 Å². The molecule has 3 N–H and O–H groups in total. The van der Waals surface area contributed by atoms with E-state index in [1.807, 2.05) is 0 Å². The molecule has 0 aliphatic heterocycles. The van der Waals surface area contributed by atoms with Crippen molar-refractivity contribution in [2.24, 2.45) is 0 Å². The number of carbonyl (C=O) groups is 4. The molecule has 210 valence electrons. The van der Waals surface area contributed by atoms with Gasteiger partial charge in [-0.1, -0.05) is 19.7 Å². The number of hydrogen-bond acceptors (Lipinski definition) is 13. The molecule has 0 heterocycles. The van der Waals surface area contributed by atoms with Gasteiger partial charge in [0.05, 0.1) is 19.8 Å². The summed E-state index contributed by atoms with van der Waals surface area (Å²) in [5.41, 5.74) is 0.398. The Morgan fingerprint density at radius 2 is 0.919 bits per heavy atom. The standard InChI is InChI=1S/C24H36O13/c1-14(2)21(28)34-9-17(25)7-32-13-20(33-8-18(26)10-35-22(29)15(3)4)24(31)37-12-19(27)11-36-23(30)16(5)6/h17-20,25-27H,1,3,5,7-13H2,2,4,6H3. The van der Waals surface area contributed by atoms with E-state index in [1.165, 1.54) is 20.8 Å². The first-order valence-electron chi connectivity index (χ1n) is 11.1. The van der Waals surface area contributed by atoms with Gasteiger partial charge in [0.25, 0.3) is 0 Å². The second-order valence-corrected chi connectivity index (χ2v) is 8.09. The molecule has 0 fully saturated rings. The van der Waals surface area contributed by atoms with Gasteiger partial charge in [0.15, 0.2) is 6.10 Å². The molecule has 0 aliphatic rings. The molecule has 0 spiro atoms. The fourth-order valence-electron chi connectivity index (χ4n) is 2.02. The fourth-order valence-corrected chi connectivity index (χ4v) is 2.02. The molecule has 0 saturated heterocycles. The largest absolute Gasteiger partial charge is 0.461 e. The zero-order valence-electron chi connectivity index (χ0n) is 21.3. The van der Waals surface area contributed by atoms with Crippen LogP contribution in [0, 0.1) is 0 Å². The zero-order chi connectivity index (χ0) is 28.5. The van der Waals surface area contributed by atoms with Crippen molar-refractivity contribution in [1.82, 2.24) is 0 Å². The Labute approximate surface area is 215 Å². The van der Waals surface area contributed by atoms with Crippen molar-refractivity contribution in [1.29, 1.82) is 0 Å². The van der Waals surface area contributed by atoms with Crippen LogP contribution in [0.1, 0.15) is 20.8 Å². The SMILES string of the molecule is C=C(C)C(=O)OCC(O)COCC(OCC(O)COC(=O)C(=C)C)C(=O)OCC(O)COC(=O)C(=C)C. The van der Waals surface area contributed by atoms with Gasteiger partial charge in [-0.15, -0.1) is 0 Å². The molecule has 37 heavy (non-hydrogen) atoms. The lowest BCUT2D eigenvalue weighted by molar-refractivity contribution is -0.170. The van der Waals surface area contributed by atoms with E-state index >= 15 is 0 Å². The van der Waals surface area contributed by atoms with Crippen LogP contribution in [0.3, 0.4) is 0 Å². The van der Waals surface area contributed by atoms with Crippen LogP contribution in [-0.2, 0) is 47.6 Å². The highest BCUT2D eigenvalue weighted by molar-refractivity contribution is 5.87. The molecule has 0 aromatic rings. The smallest absolute Gasteiger partial charge is 0.337 e. The summed E-state index contributed by atoms with van der Waals surface area (Å²) < 4.78 is 29.9. The summed E-state index contributed by atoms with van der Waals surface area (Å²) >= 11 is 0. The van der Waals surface area contributed by atoms with E-state index in [0.29, 0.717) is 0 Å². The Morgan fingerprint density at radius 1 is 0.568 bits per heavy atom. The van der Waals surface area contributed by atoms with Crippen LogP contribution in [0.2, 0.25) is 0 Å². The van der Waals surface area contributed by atoms with Crippen molar-refractivity contribution in [3.05, 3.63) is 36.5 Å². The van der Waals surface area contributed by atoms with E-state index in [4.69, 9.17) is 28.4 Å². The minimum absolute atomic E-state index is 0.124. The number of hydrogen-bond donors (Lipinski definition) is 3. The van der Waals surface area contributed by atoms with Gasteiger partial charge in [-0.25, -0.2) is 19.2 Å². The Bertz CT molecular complexity index is 819. The number of rotatable bonds is 19. The van der Waals surface area contributed by atoms with Gasteiger partial charge in [-0.3, -0.25) is 0 Å². The highest BCUT2D eigenvalue weighted by Crippen LogP contribution is 2.04. The molecule has 13 nitrogen and oxygen atoms in total. The fraction of sp³-hybridized carbons (Fsp3) is 0.583. The highest BCUT2D eigenvalue weighted by Gasteiger charge is 2.25. The molecule has 4 unspecified atom stereocenters. The van der Waals surface area contributed by atoms with Crippen molar-refractivity contribution in [2.45, 2.75) is 45.2 Å². The Morgan fingerprint density at radius 3 is 1.32 bits per heavy atom. The number of esters is 4. The van der Waals surface area contributed by atoms with Crippen LogP contribution in [0.25, 0.3) is 0 Å². The van der Waals surface area contributed by atoms with Gasteiger partial charge in [-0.05, 0) is 20.8 Å². The lowest BCUT2D eigenvalue weighted by atomic mass is 10.3. The van der Waals surface area contributed by atoms with E-state index in [2.05, 4.69) is 19.7 Å². The minimum atomic E-state index is -1.43. The van der Waals surface area contributed by atoms with E-state index in [0.717, 1.165) is 0 Å². The first kappa shape index (κ1) is 33.9. The summed E-state index contributed by atoms with van der Waals surface area (Å²) in [6.45, 7) is 11.4. The first-order chi connectivity index (χ1) is 17.2. The van der Waals surface area contributed by atoms with Crippen molar-refractivity contribution in [3.8, 4) is 0 Å². The Balaban J connectivity index is 4.83. The van der Waals surface area contributed by atoms with E-state index in [9.17, 15) is 34.5 Å². The lowest BCUT2D eigenvalue weighted by Crippen LogP contribution is -2.38. The minimum Gasteiger partial charge on any atom is -0.461 e. The van der Waals surface area contributed by atoms with E-state index < -0.39 is 81.3 Å². The van der Waals surface area contributed by atoms with Crippen molar-refractivity contribution in [3.63, 3.8) is 0 Å². The molecule has 0 aromatic heterocycles. The predicted octanol–water partition coefficient (Wildman–Crippen LogP) is -0.628. The maximum Gasteiger partial charge on any atom is 0.337 e. The molecule has 13 heteroatoms. The summed E-state index contributed by atoms with van der Waals surface area (Å²) in [4.78, 5) is 46.6. The van der Waals surface area contributed by atoms with Crippen molar-refractivity contribution < 1.29 is 62.9 Å². The maximum absolute atomic E-state index is 12.4. The Hall–Kier alpha value is -3.10. The van der Waals surface area contributed by atoms with Crippen LogP contribution in [0.15, 0.2) is 36.5 Å². The highest BCUT2D eigenvalue weighted by atomic mass is 16.6. The molecule has 0 aliphatic carbocycles. The van der Waals surface area contributed by atoms with E-state index in [-0.39, 0.29) is 29.9 Å².